The zero-order chi connectivity index (χ0) is 20.1. The summed E-state index contributed by atoms with van der Waals surface area (Å²) in [5.41, 5.74) is 1.61. The Labute approximate surface area is 168 Å². The number of hydrogen-bond acceptors (Lipinski definition) is 7. The van der Waals surface area contributed by atoms with Crippen LogP contribution >= 0.6 is 0 Å². The van der Waals surface area contributed by atoms with Crippen LogP contribution in [0.3, 0.4) is 0 Å². The van der Waals surface area contributed by atoms with E-state index in [1.807, 2.05) is 24.3 Å². The van der Waals surface area contributed by atoms with Crippen LogP contribution in [0.25, 0.3) is 0 Å². The number of amides is 1. The minimum absolute atomic E-state index is 0.123. The molecule has 144 valence electrons. The molecule has 1 amide bonds. The van der Waals surface area contributed by atoms with E-state index in [4.69, 9.17) is 5.26 Å². The third kappa shape index (κ3) is 4.30. The Balaban J connectivity index is 1.42. The van der Waals surface area contributed by atoms with Gasteiger partial charge in [0.25, 0.3) is 5.91 Å². The fourth-order valence-electron chi connectivity index (χ4n) is 3.20. The van der Waals surface area contributed by atoms with Gasteiger partial charge in [-0.25, -0.2) is 15.0 Å². The number of nitrogens with one attached hydrogen (secondary N) is 1. The molecule has 0 aliphatic carbocycles. The van der Waals surface area contributed by atoms with Gasteiger partial charge in [-0.05, 0) is 30.3 Å². The van der Waals surface area contributed by atoms with E-state index < -0.39 is 0 Å². The van der Waals surface area contributed by atoms with Crippen molar-refractivity contribution in [2.75, 3.05) is 36.4 Å². The van der Waals surface area contributed by atoms with Crippen LogP contribution < -0.4 is 10.2 Å². The lowest BCUT2D eigenvalue weighted by Gasteiger charge is -2.35. The van der Waals surface area contributed by atoms with Gasteiger partial charge in [0.2, 0.25) is 0 Å². The number of carbonyl (C=O) groups is 1. The van der Waals surface area contributed by atoms with Gasteiger partial charge in [0, 0.05) is 44.1 Å². The lowest BCUT2D eigenvalue weighted by molar-refractivity contribution is 0.0740. The lowest BCUT2D eigenvalue weighted by Crippen LogP contribution is -2.49. The first kappa shape index (κ1) is 18.4. The van der Waals surface area contributed by atoms with Crippen LogP contribution in [0.5, 0.6) is 0 Å². The number of benzene rings is 1. The van der Waals surface area contributed by atoms with Crippen LogP contribution in [-0.2, 0) is 0 Å². The molecule has 1 aromatic carbocycles. The third-order valence-electron chi connectivity index (χ3n) is 4.69. The Morgan fingerprint density at radius 1 is 1.00 bits per heavy atom. The summed E-state index contributed by atoms with van der Waals surface area (Å²) in [5.74, 6) is 1.31. The largest absolute Gasteiger partial charge is 0.353 e. The van der Waals surface area contributed by atoms with Gasteiger partial charge < -0.3 is 15.1 Å². The molecule has 1 aliphatic rings. The van der Waals surface area contributed by atoms with E-state index in [2.05, 4.69) is 31.2 Å². The van der Waals surface area contributed by atoms with E-state index >= 15 is 0 Å². The van der Waals surface area contributed by atoms with Crippen molar-refractivity contribution in [2.24, 2.45) is 0 Å². The van der Waals surface area contributed by atoms with E-state index in [0.29, 0.717) is 30.2 Å². The molecule has 29 heavy (non-hydrogen) atoms. The Kier molecular flexibility index (Phi) is 5.29. The second kappa shape index (κ2) is 8.35. The van der Waals surface area contributed by atoms with Gasteiger partial charge in [0.05, 0.1) is 11.6 Å². The predicted molar refractivity (Wildman–Crippen MR) is 109 cm³/mol. The van der Waals surface area contributed by atoms with E-state index in [-0.39, 0.29) is 5.91 Å². The summed E-state index contributed by atoms with van der Waals surface area (Å²) in [7, 11) is 0. The number of aromatic nitrogens is 3. The standard InChI is InChI=1S/C21H19N7O/c22-14-16-4-3-5-17(12-16)26-19-13-18(24-15-25-19)21(29)28-10-8-27(9-11-28)20-6-1-2-7-23-20/h1-7,12-13,15H,8-11H2,(H,24,25,26). The highest BCUT2D eigenvalue weighted by atomic mass is 16.2. The molecule has 8 heteroatoms. The second-order valence-electron chi connectivity index (χ2n) is 6.57. The quantitative estimate of drug-likeness (QED) is 0.736. The number of piperazine rings is 1. The zero-order valence-corrected chi connectivity index (χ0v) is 15.7. The molecule has 0 saturated carbocycles. The van der Waals surface area contributed by atoms with Crippen LogP contribution in [-0.4, -0.2) is 51.9 Å². The maximum atomic E-state index is 12.9. The Morgan fingerprint density at radius 2 is 1.86 bits per heavy atom. The van der Waals surface area contributed by atoms with Crippen molar-refractivity contribution in [3.63, 3.8) is 0 Å². The molecule has 4 rings (SSSR count). The molecule has 0 bridgehead atoms. The molecular formula is C21H19N7O. The van der Waals surface area contributed by atoms with Gasteiger partial charge in [0.1, 0.15) is 23.7 Å². The van der Waals surface area contributed by atoms with Crippen molar-refractivity contribution >= 4 is 23.2 Å². The number of nitrogens with zero attached hydrogens (tertiary/aromatic N) is 6. The highest BCUT2D eigenvalue weighted by Crippen LogP contribution is 2.18. The number of anilines is 3. The monoisotopic (exact) mass is 385 g/mol. The summed E-state index contributed by atoms with van der Waals surface area (Å²) in [5, 5.41) is 12.1. The van der Waals surface area contributed by atoms with Crippen LogP contribution in [0.1, 0.15) is 16.1 Å². The molecular weight excluding hydrogens is 366 g/mol. The smallest absolute Gasteiger partial charge is 0.272 e. The summed E-state index contributed by atoms with van der Waals surface area (Å²) in [6, 6.07) is 16.6. The molecule has 3 aromatic rings. The highest BCUT2D eigenvalue weighted by Gasteiger charge is 2.23. The Hall–Kier alpha value is -3.99. The molecule has 0 spiro atoms. The number of nitriles is 1. The summed E-state index contributed by atoms with van der Waals surface area (Å²) in [6.07, 6.45) is 3.14. The van der Waals surface area contributed by atoms with E-state index in [1.165, 1.54) is 6.33 Å². The van der Waals surface area contributed by atoms with Crippen molar-refractivity contribution in [3.05, 3.63) is 72.3 Å². The summed E-state index contributed by atoms with van der Waals surface area (Å²) in [6.45, 7) is 2.65. The Bertz CT molecular complexity index is 1040. The van der Waals surface area contributed by atoms with Crippen LogP contribution in [0.2, 0.25) is 0 Å². The molecule has 1 saturated heterocycles. The van der Waals surface area contributed by atoms with Gasteiger partial charge in [-0.3, -0.25) is 4.79 Å². The topological polar surface area (TPSA) is 98.0 Å². The lowest BCUT2D eigenvalue weighted by atomic mass is 10.2. The average molecular weight is 385 g/mol. The number of carbonyl (C=O) groups excluding carboxylic acids is 1. The van der Waals surface area contributed by atoms with Crippen molar-refractivity contribution in [3.8, 4) is 6.07 Å². The summed E-state index contributed by atoms with van der Waals surface area (Å²) >= 11 is 0. The molecule has 1 fully saturated rings. The van der Waals surface area contributed by atoms with Crippen LogP contribution in [0.4, 0.5) is 17.3 Å². The van der Waals surface area contributed by atoms with E-state index in [0.717, 1.165) is 24.6 Å². The first-order valence-electron chi connectivity index (χ1n) is 9.27. The normalized spacial score (nSPS) is 13.6. The van der Waals surface area contributed by atoms with Crippen LogP contribution in [0.15, 0.2) is 61.1 Å². The van der Waals surface area contributed by atoms with Crippen molar-refractivity contribution in [2.45, 2.75) is 0 Å². The zero-order valence-electron chi connectivity index (χ0n) is 15.7. The molecule has 1 aliphatic heterocycles. The van der Waals surface area contributed by atoms with E-state index in [1.54, 1.807) is 35.4 Å². The first-order chi connectivity index (χ1) is 14.2. The fourth-order valence-corrected chi connectivity index (χ4v) is 3.20. The molecule has 0 radical (unpaired) electrons. The summed E-state index contributed by atoms with van der Waals surface area (Å²) in [4.78, 5) is 29.5. The molecule has 0 atom stereocenters. The Morgan fingerprint density at radius 3 is 2.62 bits per heavy atom. The van der Waals surface area contributed by atoms with Crippen molar-refractivity contribution < 1.29 is 4.79 Å². The van der Waals surface area contributed by atoms with Crippen LogP contribution in [0, 0.1) is 11.3 Å². The highest BCUT2D eigenvalue weighted by molar-refractivity contribution is 5.93. The molecule has 3 heterocycles. The number of pyridine rings is 1. The minimum atomic E-state index is -0.123. The van der Waals surface area contributed by atoms with Gasteiger partial charge in [0.15, 0.2) is 0 Å². The average Bonchev–Trinajstić information content (AvgIpc) is 2.79. The molecule has 2 aromatic heterocycles. The fraction of sp³-hybridized carbons (Fsp3) is 0.190. The van der Waals surface area contributed by atoms with Crippen molar-refractivity contribution in [1.82, 2.24) is 19.9 Å². The van der Waals surface area contributed by atoms with Crippen molar-refractivity contribution in [1.29, 1.82) is 5.26 Å². The van der Waals surface area contributed by atoms with Gasteiger partial charge >= 0.3 is 0 Å². The first-order valence-corrected chi connectivity index (χ1v) is 9.27. The molecule has 8 nitrogen and oxygen atoms in total. The number of rotatable bonds is 4. The third-order valence-corrected chi connectivity index (χ3v) is 4.69. The second-order valence-corrected chi connectivity index (χ2v) is 6.57. The number of hydrogen-bond donors (Lipinski definition) is 1. The van der Waals surface area contributed by atoms with E-state index in [9.17, 15) is 4.79 Å². The van der Waals surface area contributed by atoms with Gasteiger partial charge in [-0.15, -0.1) is 0 Å². The van der Waals surface area contributed by atoms with Gasteiger partial charge in [-0.2, -0.15) is 5.26 Å². The molecule has 0 unspecified atom stereocenters. The molecule has 1 N–H and O–H groups in total. The predicted octanol–water partition coefficient (Wildman–Crippen LogP) is 2.45. The minimum Gasteiger partial charge on any atom is -0.353 e. The summed E-state index contributed by atoms with van der Waals surface area (Å²) < 4.78 is 0. The maximum absolute atomic E-state index is 12.9. The van der Waals surface area contributed by atoms with Gasteiger partial charge in [-0.1, -0.05) is 12.1 Å². The maximum Gasteiger partial charge on any atom is 0.272 e. The SMILES string of the molecule is N#Cc1cccc(Nc2cc(C(=O)N3CCN(c4ccccn4)CC3)ncn2)c1.